The van der Waals surface area contributed by atoms with Gasteiger partial charge in [0.25, 0.3) is 5.69 Å². The van der Waals surface area contributed by atoms with E-state index in [1.165, 1.54) is 6.07 Å². The lowest BCUT2D eigenvalue weighted by Gasteiger charge is -2.05. The first-order valence-corrected chi connectivity index (χ1v) is 6.21. The van der Waals surface area contributed by atoms with Crippen molar-refractivity contribution in [2.24, 2.45) is 0 Å². The molecule has 0 aliphatic heterocycles. The van der Waals surface area contributed by atoms with Gasteiger partial charge < -0.3 is 10.4 Å². The number of nitrogens with one attached hydrogen (secondary N) is 1. The Balaban J connectivity index is 2.39. The number of nitro benzene ring substituents is 1. The molecule has 0 atom stereocenters. The highest BCUT2D eigenvalue weighted by atomic mass is 16.6. The van der Waals surface area contributed by atoms with Crippen LogP contribution in [-0.4, -0.2) is 28.5 Å². The summed E-state index contributed by atoms with van der Waals surface area (Å²) in [4.78, 5) is 32.2. The van der Waals surface area contributed by atoms with E-state index in [-0.39, 0.29) is 24.4 Å². The molecule has 0 fully saturated rings. The summed E-state index contributed by atoms with van der Waals surface area (Å²) in [6, 6.07) is 6.09. The van der Waals surface area contributed by atoms with E-state index >= 15 is 0 Å². The number of para-hydroxylation sites is 1. The molecule has 20 heavy (non-hydrogen) atoms. The van der Waals surface area contributed by atoms with Crippen LogP contribution in [0.15, 0.2) is 24.3 Å². The number of hydrogen-bond donors (Lipinski definition) is 2. The van der Waals surface area contributed by atoms with Crippen LogP contribution < -0.4 is 5.32 Å². The lowest BCUT2D eigenvalue weighted by Crippen LogP contribution is -2.26. The fourth-order valence-corrected chi connectivity index (χ4v) is 1.70. The van der Waals surface area contributed by atoms with E-state index in [1.54, 1.807) is 18.2 Å². The van der Waals surface area contributed by atoms with Gasteiger partial charge in [-0.25, -0.2) is 0 Å². The van der Waals surface area contributed by atoms with Gasteiger partial charge in [-0.15, -0.1) is 0 Å². The Morgan fingerprint density at radius 3 is 2.60 bits per heavy atom. The summed E-state index contributed by atoms with van der Waals surface area (Å²) in [6.07, 6.45) is 1.06. The molecule has 2 N–H and O–H groups in total. The number of carbonyl (C=O) groups excluding carboxylic acids is 1. The van der Waals surface area contributed by atoms with Crippen LogP contribution in [0, 0.1) is 10.1 Å². The van der Waals surface area contributed by atoms with Crippen LogP contribution >= 0.6 is 0 Å². The molecule has 0 aliphatic carbocycles. The molecule has 0 unspecified atom stereocenters. The monoisotopic (exact) mass is 280 g/mol. The molecular formula is C13H16N2O5. The highest BCUT2D eigenvalue weighted by molar-refractivity contribution is 5.79. The third kappa shape index (κ3) is 5.47. The maximum absolute atomic E-state index is 11.6. The summed E-state index contributed by atoms with van der Waals surface area (Å²) >= 11 is 0. The van der Waals surface area contributed by atoms with Crippen molar-refractivity contribution in [3.8, 4) is 0 Å². The third-order valence-electron chi connectivity index (χ3n) is 2.68. The minimum Gasteiger partial charge on any atom is -0.481 e. The number of carboxylic acids is 1. The number of carbonyl (C=O) groups is 2. The minimum absolute atomic E-state index is 0.0594. The van der Waals surface area contributed by atoms with Crippen LogP contribution in [0.1, 0.15) is 24.8 Å². The highest BCUT2D eigenvalue weighted by Crippen LogP contribution is 2.17. The summed E-state index contributed by atoms with van der Waals surface area (Å²) in [5.41, 5.74) is 0.286. The van der Waals surface area contributed by atoms with E-state index in [4.69, 9.17) is 5.11 Å². The first kappa shape index (κ1) is 15.6. The number of nitrogens with zero attached hydrogens (tertiary/aromatic N) is 1. The largest absolute Gasteiger partial charge is 0.481 e. The fourth-order valence-electron chi connectivity index (χ4n) is 1.70. The first-order chi connectivity index (χ1) is 9.50. The van der Waals surface area contributed by atoms with Crippen molar-refractivity contribution in [1.82, 2.24) is 5.32 Å². The Kier molecular flexibility index (Phi) is 6.15. The second kappa shape index (κ2) is 7.88. The second-order valence-corrected chi connectivity index (χ2v) is 4.26. The Bertz CT molecular complexity index is 501. The van der Waals surface area contributed by atoms with E-state index in [9.17, 15) is 19.7 Å². The third-order valence-corrected chi connectivity index (χ3v) is 2.68. The number of unbranched alkanes of at least 4 members (excludes halogenated alkanes) is 1. The van der Waals surface area contributed by atoms with Crippen LogP contribution in [-0.2, 0) is 16.0 Å². The van der Waals surface area contributed by atoms with Crippen LogP contribution in [0.4, 0.5) is 5.69 Å². The SMILES string of the molecule is O=C(O)CCCCNC(=O)Cc1ccccc1[N+](=O)[O-]. The van der Waals surface area contributed by atoms with Gasteiger partial charge in [0.1, 0.15) is 0 Å². The van der Waals surface area contributed by atoms with Gasteiger partial charge in [-0.2, -0.15) is 0 Å². The number of hydrogen-bond acceptors (Lipinski definition) is 4. The number of aliphatic carboxylic acids is 1. The lowest BCUT2D eigenvalue weighted by molar-refractivity contribution is -0.385. The van der Waals surface area contributed by atoms with E-state index in [0.717, 1.165) is 0 Å². The van der Waals surface area contributed by atoms with Gasteiger partial charge in [-0.3, -0.25) is 19.7 Å². The number of benzene rings is 1. The molecule has 0 saturated heterocycles. The molecule has 0 aliphatic rings. The van der Waals surface area contributed by atoms with Crippen molar-refractivity contribution >= 4 is 17.6 Å². The molecule has 0 saturated carbocycles. The van der Waals surface area contributed by atoms with Crippen molar-refractivity contribution in [2.45, 2.75) is 25.7 Å². The Hall–Kier alpha value is -2.44. The molecule has 1 aromatic carbocycles. The number of rotatable bonds is 8. The van der Waals surface area contributed by atoms with Crippen molar-refractivity contribution < 1.29 is 19.6 Å². The van der Waals surface area contributed by atoms with Crippen LogP contribution in [0.5, 0.6) is 0 Å². The molecular weight excluding hydrogens is 264 g/mol. The van der Waals surface area contributed by atoms with Crippen molar-refractivity contribution in [2.75, 3.05) is 6.54 Å². The van der Waals surface area contributed by atoms with Crippen LogP contribution in [0.3, 0.4) is 0 Å². The average Bonchev–Trinajstić information content (AvgIpc) is 2.38. The smallest absolute Gasteiger partial charge is 0.303 e. The molecule has 7 nitrogen and oxygen atoms in total. The zero-order valence-electron chi connectivity index (χ0n) is 10.9. The minimum atomic E-state index is -0.865. The normalized spacial score (nSPS) is 10.0. The fraction of sp³-hybridized carbons (Fsp3) is 0.385. The molecule has 0 radical (unpaired) electrons. The maximum Gasteiger partial charge on any atom is 0.303 e. The van der Waals surface area contributed by atoms with Gasteiger partial charge in [0.2, 0.25) is 5.91 Å². The zero-order chi connectivity index (χ0) is 15.0. The van der Waals surface area contributed by atoms with Gasteiger partial charge >= 0.3 is 5.97 Å². The molecule has 0 heterocycles. The predicted molar refractivity (Wildman–Crippen MR) is 71.3 cm³/mol. The van der Waals surface area contributed by atoms with Crippen molar-refractivity contribution in [3.05, 3.63) is 39.9 Å². The van der Waals surface area contributed by atoms with Gasteiger partial charge in [-0.1, -0.05) is 18.2 Å². The number of nitro groups is 1. The summed E-state index contributed by atoms with van der Waals surface area (Å²) in [5.74, 6) is -1.18. The number of carboxylic acid groups (broad SMARTS) is 1. The zero-order valence-corrected chi connectivity index (χ0v) is 10.9. The molecule has 0 bridgehead atoms. The summed E-state index contributed by atoms with van der Waals surface area (Å²) in [5, 5.41) is 21.8. The Labute approximate surface area is 115 Å². The number of amides is 1. The van der Waals surface area contributed by atoms with Crippen molar-refractivity contribution in [1.29, 1.82) is 0 Å². The molecule has 0 aromatic heterocycles. The summed E-state index contributed by atoms with van der Waals surface area (Å²) in [6.45, 7) is 0.368. The van der Waals surface area contributed by atoms with Gasteiger partial charge in [0.05, 0.1) is 11.3 Å². The standard InChI is InChI=1S/C13H16N2O5/c16-12(14-8-4-3-7-13(17)18)9-10-5-1-2-6-11(10)15(19)20/h1-2,5-6H,3-4,7-9H2,(H,14,16)(H,17,18). The quantitative estimate of drug-likeness (QED) is 0.426. The average molecular weight is 280 g/mol. The summed E-state index contributed by atoms with van der Waals surface area (Å²) < 4.78 is 0. The summed E-state index contributed by atoms with van der Waals surface area (Å²) in [7, 11) is 0. The topological polar surface area (TPSA) is 110 Å². The molecule has 7 heteroatoms. The maximum atomic E-state index is 11.6. The van der Waals surface area contributed by atoms with Gasteiger partial charge in [0.15, 0.2) is 0 Å². The Morgan fingerprint density at radius 2 is 1.95 bits per heavy atom. The van der Waals surface area contributed by atoms with E-state index in [2.05, 4.69) is 5.32 Å². The van der Waals surface area contributed by atoms with E-state index < -0.39 is 10.9 Å². The predicted octanol–water partition coefficient (Wildman–Crippen LogP) is 1.51. The van der Waals surface area contributed by atoms with Gasteiger partial charge in [0, 0.05) is 24.6 Å². The lowest BCUT2D eigenvalue weighted by atomic mass is 10.1. The molecule has 1 amide bonds. The van der Waals surface area contributed by atoms with Crippen molar-refractivity contribution in [3.63, 3.8) is 0 Å². The van der Waals surface area contributed by atoms with E-state index in [0.29, 0.717) is 24.9 Å². The highest BCUT2D eigenvalue weighted by Gasteiger charge is 2.14. The van der Waals surface area contributed by atoms with Crippen LogP contribution in [0.25, 0.3) is 0 Å². The Morgan fingerprint density at radius 1 is 1.25 bits per heavy atom. The molecule has 1 rings (SSSR count). The van der Waals surface area contributed by atoms with Crippen LogP contribution in [0.2, 0.25) is 0 Å². The molecule has 108 valence electrons. The molecule has 0 spiro atoms. The first-order valence-electron chi connectivity index (χ1n) is 6.21. The second-order valence-electron chi connectivity index (χ2n) is 4.26. The van der Waals surface area contributed by atoms with E-state index in [1.807, 2.05) is 0 Å². The van der Waals surface area contributed by atoms with Gasteiger partial charge in [-0.05, 0) is 12.8 Å². The molecule has 1 aromatic rings.